The zero-order chi connectivity index (χ0) is 21.3. The van der Waals surface area contributed by atoms with E-state index in [-0.39, 0.29) is 29.4 Å². The van der Waals surface area contributed by atoms with E-state index < -0.39 is 4.92 Å². The minimum absolute atomic E-state index is 0.0414. The molecular formula is C24H21NO5. The van der Waals surface area contributed by atoms with Crippen molar-refractivity contribution in [2.75, 3.05) is 0 Å². The minimum Gasteiger partial charge on any atom is -0.508 e. The number of hydrogen-bond acceptors (Lipinski definition) is 5. The van der Waals surface area contributed by atoms with Crippen molar-refractivity contribution in [2.24, 2.45) is 0 Å². The second-order valence-corrected chi connectivity index (χ2v) is 7.34. The van der Waals surface area contributed by atoms with E-state index in [9.17, 15) is 15.2 Å². The van der Waals surface area contributed by atoms with Crippen molar-refractivity contribution in [3.05, 3.63) is 104 Å². The molecule has 152 valence electrons. The van der Waals surface area contributed by atoms with Gasteiger partial charge in [-0.3, -0.25) is 10.1 Å². The smallest absolute Gasteiger partial charge is 0.312 e. The van der Waals surface area contributed by atoms with Crippen LogP contribution in [0, 0.1) is 24.0 Å². The first-order valence-electron chi connectivity index (χ1n) is 9.58. The highest BCUT2D eigenvalue weighted by Gasteiger charge is 2.29. The Morgan fingerprint density at radius 3 is 2.57 bits per heavy atom. The topological polar surface area (TPSA) is 81.8 Å². The molecule has 0 unspecified atom stereocenters. The molecular weight excluding hydrogens is 382 g/mol. The molecule has 0 amide bonds. The molecule has 0 aliphatic carbocycles. The summed E-state index contributed by atoms with van der Waals surface area (Å²) in [5.41, 5.74) is 3.82. The highest BCUT2D eigenvalue weighted by Crippen LogP contribution is 2.41. The number of hydrogen-bond donors (Lipinski definition) is 1. The maximum absolute atomic E-state index is 11.5. The van der Waals surface area contributed by atoms with E-state index in [1.165, 1.54) is 6.07 Å². The Hall–Kier alpha value is -3.80. The third-order valence-corrected chi connectivity index (χ3v) is 4.99. The van der Waals surface area contributed by atoms with E-state index in [0.717, 1.165) is 22.4 Å². The Balaban J connectivity index is 1.60. The molecule has 6 heteroatoms. The van der Waals surface area contributed by atoms with Crippen molar-refractivity contribution in [1.29, 1.82) is 0 Å². The van der Waals surface area contributed by atoms with E-state index in [0.29, 0.717) is 17.7 Å². The molecule has 0 aromatic heterocycles. The van der Waals surface area contributed by atoms with Crippen LogP contribution in [0.3, 0.4) is 0 Å². The van der Waals surface area contributed by atoms with E-state index in [1.54, 1.807) is 19.1 Å². The van der Waals surface area contributed by atoms with Gasteiger partial charge in [0, 0.05) is 23.6 Å². The summed E-state index contributed by atoms with van der Waals surface area (Å²) in [6.45, 7) is 4.13. The fourth-order valence-corrected chi connectivity index (χ4v) is 3.55. The number of benzene rings is 3. The number of fused-ring (bicyclic) bond motifs is 1. The van der Waals surface area contributed by atoms with Crippen LogP contribution in [0.4, 0.5) is 5.69 Å². The van der Waals surface area contributed by atoms with Gasteiger partial charge < -0.3 is 14.6 Å². The SMILES string of the molecule is Cc1cc2c(c([N+](=O)[O-])c1)OC(c1ccc(OCc3ccccc3)c(C)c1)=C(O)C2. The Morgan fingerprint density at radius 2 is 1.87 bits per heavy atom. The zero-order valence-electron chi connectivity index (χ0n) is 16.7. The summed E-state index contributed by atoms with van der Waals surface area (Å²) >= 11 is 0. The predicted molar refractivity (Wildman–Crippen MR) is 114 cm³/mol. The molecule has 3 aromatic rings. The van der Waals surface area contributed by atoms with Gasteiger partial charge in [0.15, 0.2) is 5.76 Å². The molecule has 6 nitrogen and oxygen atoms in total. The molecule has 1 heterocycles. The third-order valence-electron chi connectivity index (χ3n) is 4.99. The van der Waals surface area contributed by atoms with Crippen molar-refractivity contribution in [2.45, 2.75) is 26.9 Å². The molecule has 0 fully saturated rings. The van der Waals surface area contributed by atoms with Crippen LogP contribution in [0.25, 0.3) is 5.76 Å². The van der Waals surface area contributed by atoms with Gasteiger partial charge in [-0.25, -0.2) is 0 Å². The summed E-state index contributed by atoms with van der Waals surface area (Å²) in [5.74, 6) is 1.17. The van der Waals surface area contributed by atoms with E-state index in [2.05, 4.69) is 0 Å². The molecule has 0 bridgehead atoms. The Labute approximate surface area is 174 Å². The van der Waals surface area contributed by atoms with Gasteiger partial charge in [0.05, 0.1) is 4.92 Å². The van der Waals surface area contributed by atoms with Crippen molar-refractivity contribution < 1.29 is 19.5 Å². The molecule has 4 rings (SSSR count). The van der Waals surface area contributed by atoms with Crippen molar-refractivity contribution >= 4 is 11.4 Å². The average Bonchev–Trinajstić information content (AvgIpc) is 2.72. The van der Waals surface area contributed by atoms with Gasteiger partial charge in [-0.05, 0) is 48.7 Å². The molecule has 3 aromatic carbocycles. The highest BCUT2D eigenvalue weighted by atomic mass is 16.6. The first-order chi connectivity index (χ1) is 14.4. The van der Waals surface area contributed by atoms with E-state index in [1.807, 2.05) is 49.4 Å². The number of nitro benzene ring substituents is 1. The monoisotopic (exact) mass is 403 g/mol. The third kappa shape index (κ3) is 3.85. The molecule has 0 atom stereocenters. The van der Waals surface area contributed by atoms with Crippen LogP contribution < -0.4 is 9.47 Å². The molecule has 1 N–H and O–H groups in total. The van der Waals surface area contributed by atoms with Crippen LogP contribution in [0.5, 0.6) is 11.5 Å². The predicted octanol–water partition coefficient (Wildman–Crippen LogP) is 5.65. The van der Waals surface area contributed by atoms with Gasteiger partial charge in [-0.2, -0.15) is 0 Å². The largest absolute Gasteiger partial charge is 0.508 e. The van der Waals surface area contributed by atoms with Crippen LogP contribution in [0.2, 0.25) is 0 Å². The maximum Gasteiger partial charge on any atom is 0.312 e. The molecule has 1 aliphatic heterocycles. The molecule has 30 heavy (non-hydrogen) atoms. The van der Waals surface area contributed by atoms with E-state index in [4.69, 9.17) is 9.47 Å². The lowest BCUT2D eigenvalue weighted by atomic mass is 9.99. The molecule has 0 saturated carbocycles. The first-order valence-corrected chi connectivity index (χ1v) is 9.58. The second-order valence-electron chi connectivity index (χ2n) is 7.34. The number of nitrogens with zero attached hydrogens (tertiary/aromatic N) is 1. The van der Waals surface area contributed by atoms with Crippen LogP contribution >= 0.6 is 0 Å². The lowest BCUT2D eigenvalue weighted by molar-refractivity contribution is -0.385. The van der Waals surface area contributed by atoms with Gasteiger partial charge in [-0.1, -0.05) is 36.4 Å². The van der Waals surface area contributed by atoms with Crippen molar-refractivity contribution in [1.82, 2.24) is 0 Å². The van der Waals surface area contributed by atoms with Gasteiger partial charge in [-0.15, -0.1) is 0 Å². The van der Waals surface area contributed by atoms with Gasteiger partial charge >= 0.3 is 5.69 Å². The number of aryl methyl sites for hydroxylation is 2. The van der Waals surface area contributed by atoms with Gasteiger partial charge in [0.25, 0.3) is 0 Å². The first kappa shape index (κ1) is 19.5. The molecule has 0 saturated heterocycles. The quantitative estimate of drug-likeness (QED) is 0.440. The standard InChI is InChI=1S/C24H21NO5/c1-15-10-19-13-21(26)24(30-23(19)20(11-15)25(27)28)18-8-9-22(16(2)12-18)29-14-17-6-4-3-5-7-17/h3-12,26H,13-14H2,1-2H3. The van der Waals surface area contributed by atoms with Crippen molar-refractivity contribution in [3.63, 3.8) is 0 Å². The molecule has 0 radical (unpaired) electrons. The summed E-state index contributed by atoms with van der Waals surface area (Å²) in [6, 6.07) is 18.6. The maximum atomic E-state index is 11.5. The van der Waals surface area contributed by atoms with E-state index >= 15 is 0 Å². The minimum atomic E-state index is -0.461. The average molecular weight is 403 g/mol. The van der Waals surface area contributed by atoms with Gasteiger partial charge in [0.2, 0.25) is 5.75 Å². The fourth-order valence-electron chi connectivity index (χ4n) is 3.55. The number of nitro groups is 1. The fraction of sp³-hybridized carbons (Fsp3) is 0.167. The summed E-state index contributed by atoms with van der Waals surface area (Å²) < 4.78 is 11.8. The Morgan fingerprint density at radius 1 is 1.10 bits per heavy atom. The van der Waals surface area contributed by atoms with Crippen LogP contribution in [0.1, 0.15) is 27.8 Å². The number of ether oxygens (including phenoxy) is 2. The van der Waals surface area contributed by atoms with Crippen LogP contribution in [-0.4, -0.2) is 10.0 Å². The summed E-state index contributed by atoms with van der Waals surface area (Å²) in [4.78, 5) is 11.0. The highest BCUT2D eigenvalue weighted by molar-refractivity contribution is 5.71. The summed E-state index contributed by atoms with van der Waals surface area (Å²) in [6.07, 6.45) is 0.179. The lowest BCUT2D eigenvalue weighted by Gasteiger charge is -2.21. The summed E-state index contributed by atoms with van der Waals surface area (Å²) in [7, 11) is 0. The second kappa shape index (κ2) is 7.91. The summed E-state index contributed by atoms with van der Waals surface area (Å²) in [5, 5.41) is 22.0. The lowest BCUT2D eigenvalue weighted by Crippen LogP contribution is -2.12. The van der Waals surface area contributed by atoms with Crippen LogP contribution in [-0.2, 0) is 13.0 Å². The Kier molecular flexibility index (Phi) is 5.14. The number of allylic oxidation sites excluding steroid dienone is 1. The molecule has 1 aliphatic rings. The molecule has 0 spiro atoms. The number of aliphatic hydroxyl groups is 1. The number of rotatable bonds is 5. The van der Waals surface area contributed by atoms with Crippen LogP contribution in [0.15, 0.2) is 66.4 Å². The number of aliphatic hydroxyl groups excluding tert-OH is 1. The van der Waals surface area contributed by atoms with Crippen molar-refractivity contribution in [3.8, 4) is 11.5 Å². The normalized spacial score (nSPS) is 12.9. The zero-order valence-corrected chi connectivity index (χ0v) is 16.7. The Bertz CT molecular complexity index is 1150. The van der Waals surface area contributed by atoms with Gasteiger partial charge in [0.1, 0.15) is 18.1 Å².